The predicted octanol–water partition coefficient (Wildman–Crippen LogP) is 2.38. The maximum atomic E-state index is 5.70. The molecular weight excluding hydrogens is 266 g/mol. The van der Waals surface area contributed by atoms with E-state index in [4.69, 9.17) is 5.73 Å². The molecule has 18 heavy (non-hydrogen) atoms. The highest BCUT2D eigenvalue weighted by Gasteiger charge is 2.18. The van der Waals surface area contributed by atoms with E-state index in [1.807, 2.05) is 11.3 Å². The molecule has 5 nitrogen and oxygen atoms in total. The van der Waals surface area contributed by atoms with Gasteiger partial charge < -0.3 is 5.73 Å². The monoisotopic (exact) mass is 277 g/mol. The summed E-state index contributed by atoms with van der Waals surface area (Å²) in [7, 11) is 0. The second-order valence-corrected chi connectivity index (χ2v) is 6.55. The molecule has 0 bridgehead atoms. The summed E-state index contributed by atoms with van der Waals surface area (Å²) in [5.74, 6) is 0.817. The second kappa shape index (κ2) is 3.76. The van der Waals surface area contributed by atoms with E-state index in [1.54, 1.807) is 4.52 Å². The third-order valence-electron chi connectivity index (χ3n) is 3.22. The average molecular weight is 277 g/mol. The summed E-state index contributed by atoms with van der Waals surface area (Å²) in [6, 6.07) is 2.24. The maximum absolute atomic E-state index is 5.70. The minimum Gasteiger partial charge on any atom is -0.374 e. The molecular formula is C11H11N5S2. The third kappa shape index (κ3) is 1.47. The molecule has 0 radical (unpaired) electrons. The number of rotatable bonds is 1. The van der Waals surface area contributed by atoms with E-state index in [0.717, 1.165) is 15.7 Å². The lowest BCUT2D eigenvalue weighted by atomic mass is 9.99. The number of nitrogens with zero attached hydrogens (tertiary/aromatic N) is 4. The highest BCUT2D eigenvalue weighted by Crippen LogP contribution is 2.35. The van der Waals surface area contributed by atoms with Crippen LogP contribution in [0.4, 0.5) is 5.13 Å². The van der Waals surface area contributed by atoms with Crippen molar-refractivity contribution in [1.29, 1.82) is 0 Å². The van der Waals surface area contributed by atoms with Crippen LogP contribution in [0, 0.1) is 0 Å². The van der Waals surface area contributed by atoms with Gasteiger partial charge in [-0.1, -0.05) is 11.3 Å². The van der Waals surface area contributed by atoms with Crippen LogP contribution in [0.15, 0.2) is 6.07 Å². The van der Waals surface area contributed by atoms with Gasteiger partial charge in [0.2, 0.25) is 10.1 Å². The van der Waals surface area contributed by atoms with Crippen molar-refractivity contribution in [2.45, 2.75) is 25.7 Å². The highest BCUT2D eigenvalue weighted by molar-refractivity contribution is 7.20. The van der Waals surface area contributed by atoms with Crippen molar-refractivity contribution in [3.8, 4) is 10.7 Å². The van der Waals surface area contributed by atoms with Crippen molar-refractivity contribution >= 4 is 32.8 Å². The number of nitrogens with two attached hydrogens (primary N) is 1. The summed E-state index contributed by atoms with van der Waals surface area (Å²) in [6.45, 7) is 0. The molecule has 1 aliphatic carbocycles. The molecule has 0 unspecified atom stereocenters. The van der Waals surface area contributed by atoms with Crippen LogP contribution in [0.5, 0.6) is 0 Å². The molecule has 0 aromatic carbocycles. The van der Waals surface area contributed by atoms with Gasteiger partial charge in [0.25, 0.3) is 0 Å². The fourth-order valence-electron chi connectivity index (χ4n) is 2.39. The number of fused-ring (bicyclic) bond motifs is 2. The zero-order valence-electron chi connectivity index (χ0n) is 9.59. The molecule has 4 rings (SSSR count). The molecule has 7 heteroatoms. The van der Waals surface area contributed by atoms with Crippen LogP contribution in [0.25, 0.3) is 15.7 Å². The number of thiophene rings is 1. The van der Waals surface area contributed by atoms with Gasteiger partial charge in [-0.05, 0) is 37.3 Å². The first-order valence-corrected chi connectivity index (χ1v) is 7.54. The van der Waals surface area contributed by atoms with Crippen molar-refractivity contribution < 1.29 is 0 Å². The largest absolute Gasteiger partial charge is 0.374 e. The number of aryl methyl sites for hydroxylation is 2. The van der Waals surface area contributed by atoms with Crippen LogP contribution in [-0.2, 0) is 12.8 Å². The molecule has 0 amide bonds. The first-order valence-electron chi connectivity index (χ1n) is 5.91. The standard InChI is InChI=1S/C11H11N5S2/c12-10-15-16-9(13-14-11(16)18-10)8-5-6-3-1-2-4-7(6)17-8/h5H,1-4H2,(H2,12,15). The minimum absolute atomic E-state index is 0.530. The van der Waals surface area contributed by atoms with E-state index >= 15 is 0 Å². The molecule has 3 heterocycles. The van der Waals surface area contributed by atoms with Gasteiger partial charge in [-0.15, -0.1) is 26.6 Å². The van der Waals surface area contributed by atoms with Gasteiger partial charge >= 0.3 is 0 Å². The Balaban J connectivity index is 1.88. The van der Waals surface area contributed by atoms with Crippen molar-refractivity contribution in [2.75, 3.05) is 5.73 Å². The lowest BCUT2D eigenvalue weighted by molar-refractivity contribution is 0.697. The van der Waals surface area contributed by atoms with Crippen molar-refractivity contribution in [3.63, 3.8) is 0 Å². The third-order valence-corrected chi connectivity index (χ3v) is 5.18. The lowest BCUT2D eigenvalue weighted by Gasteiger charge is -2.08. The Hall–Kier alpha value is -1.47. The van der Waals surface area contributed by atoms with Crippen molar-refractivity contribution in [1.82, 2.24) is 19.8 Å². The Morgan fingerprint density at radius 2 is 2.06 bits per heavy atom. The summed E-state index contributed by atoms with van der Waals surface area (Å²) in [4.78, 5) is 3.41. The predicted molar refractivity (Wildman–Crippen MR) is 73.0 cm³/mol. The zero-order valence-corrected chi connectivity index (χ0v) is 11.2. The first kappa shape index (κ1) is 10.5. The molecule has 0 spiro atoms. The molecule has 0 fully saturated rings. The van der Waals surface area contributed by atoms with E-state index in [9.17, 15) is 0 Å². The van der Waals surface area contributed by atoms with Crippen molar-refractivity contribution in [2.24, 2.45) is 0 Å². The van der Waals surface area contributed by atoms with Crippen LogP contribution >= 0.6 is 22.7 Å². The molecule has 1 aliphatic rings. The number of nitrogen functional groups attached to an aromatic ring is 1. The quantitative estimate of drug-likeness (QED) is 0.741. The van der Waals surface area contributed by atoms with E-state index in [1.165, 1.54) is 47.5 Å². The van der Waals surface area contributed by atoms with Crippen LogP contribution in [0.2, 0.25) is 0 Å². The summed E-state index contributed by atoms with van der Waals surface area (Å²) >= 11 is 3.18. The van der Waals surface area contributed by atoms with Gasteiger partial charge in [0.1, 0.15) is 0 Å². The van der Waals surface area contributed by atoms with Gasteiger partial charge in [0.15, 0.2) is 5.82 Å². The fourth-order valence-corrected chi connectivity index (χ4v) is 4.21. The Morgan fingerprint density at radius 3 is 2.94 bits per heavy atom. The Kier molecular flexibility index (Phi) is 2.18. The first-order chi connectivity index (χ1) is 8.81. The number of hydrogen-bond donors (Lipinski definition) is 1. The Morgan fingerprint density at radius 1 is 1.17 bits per heavy atom. The number of anilines is 1. The maximum Gasteiger partial charge on any atom is 0.236 e. The van der Waals surface area contributed by atoms with Crippen molar-refractivity contribution in [3.05, 3.63) is 16.5 Å². The van der Waals surface area contributed by atoms with Crippen LogP contribution in [-0.4, -0.2) is 19.8 Å². The smallest absolute Gasteiger partial charge is 0.236 e. The van der Waals surface area contributed by atoms with Gasteiger partial charge in [-0.2, -0.15) is 4.52 Å². The molecule has 3 aromatic heterocycles. The van der Waals surface area contributed by atoms with Crippen LogP contribution in [0.3, 0.4) is 0 Å². The summed E-state index contributed by atoms with van der Waals surface area (Å²) < 4.78 is 1.75. The molecule has 92 valence electrons. The molecule has 0 aliphatic heterocycles. The Bertz CT molecular complexity index is 700. The van der Waals surface area contributed by atoms with E-state index in [0.29, 0.717) is 5.13 Å². The van der Waals surface area contributed by atoms with Gasteiger partial charge in [-0.25, -0.2) is 0 Å². The molecule has 0 atom stereocenters. The normalized spacial score (nSPS) is 15.1. The summed E-state index contributed by atoms with van der Waals surface area (Å²) in [6.07, 6.45) is 4.97. The van der Waals surface area contributed by atoms with E-state index < -0.39 is 0 Å². The minimum atomic E-state index is 0.530. The lowest BCUT2D eigenvalue weighted by Crippen LogP contribution is -1.96. The van der Waals surface area contributed by atoms with E-state index in [2.05, 4.69) is 21.4 Å². The topological polar surface area (TPSA) is 69.1 Å². The molecule has 2 N–H and O–H groups in total. The number of aromatic nitrogens is 4. The number of hydrogen-bond acceptors (Lipinski definition) is 6. The summed E-state index contributed by atoms with van der Waals surface area (Å²) in [5.41, 5.74) is 7.17. The average Bonchev–Trinajstić information content (AvgIpc) is 3.00. The van der Waals surface area contributed by atoms with E-state index in [-0.39, 0.29) is 0 Å². The van der Waals surface area contributed by atoms with Gasteiger partial charge in [0, 0.05) is 4.88 Å². The molecule has 0 saturated heterocycles. The fraction of sp³-hybridized carbons (Fsp3) is 0.364. The molecule has 0 saturated carbocycles. The van der Waals surface area contributed by atoms with Crippen LogP contribution in [0.1, 0.15) is 23.3 Å². The van der Waals surface area contributed by atoms with Gasteiger partial charge in [-0.3, -0.25) is 0 Å². The van der Waals surface area contributed by atoms with Gasteiger partial charge in [0.05, 0.1) is 4.88 Å². The second-order valence-electron chi connectivity index (χ2n) is 4.42. The summed E-state index contributed by atoms with van der Waals surface area (Å²) in [5, 5.41) is 13.1. The SMILES string of the molecule is Nc1nn2c(-c3cc4c(s3)CCCC4)nnc2s1. The van der Waals surface area contributed by atoms with Crippen LogP contribution < -0.4 is 5.73 Å². The Labute approximate surface area is 111 Å². The zero-order chi connectivity index (χ0) is 12.1. The molecule has 3 aromatic rings. The highest BCUT2D eigenvalue weighted by atomic mass is 32.1.